The quantitative estimate of drug-likeness (QED) is 0.796. The summed E-state index contributed by atoms with van der Waals surface area (Å²) in [6.07, 6.45) is 0.175. The van der Waals surface area contributed by atoms with Gasteiger partial charge in [0.1, 0.15) is 6.04 Å². The van der Waals surface area contributed by atoms with Crippen LogP contribution in [0.1, 0.15) is 16.8 Å². The van der Waals surface area contributed by atoms with Crippen molar-refractivity contribution < 1.29 is 28.2 Å². The first-order valence-corrected chi connectivity index (χ1v) is 8.11. The average Bonchev–Trinajstić information content (AvgIpc) is 2.79. The highest BCUT2D eigenvalue weighted by Crippen LogP contribution is 2.21. The van der Waals surface area contributed by atoms with E-state index in [-0.39, 0.29) is 23.4 Å². The van der Waals surface area contributed by atoms with Crippen molar-refractivity contribution in [2.75, 3.05) is 12.8 Å². The van der Waals surface area contributed by atoms with Crippen molar-refractivity contribution >= 4 is 21.7 Å². The molecule has 1 heterocycles. The standard InChI is InChI=1S/C13H15NO6S/c1-21(19,20)10-4-2-8(3-5-10)12(16)14-7-9(15)6-11(14)13(17)18/h2-5,9,11,15H,6-7H2,1H3,(H,17,18)/t9-,11-/m1/s1. The number of carboxylic acid groups (broad SMARTS) is 1. The van der Waals surface area contributed by atoms with E-state index >= 15 is 0 Å². The first-order chi connectivity index (χ1) is 9.70. The predicted octanol–water partition coefficient (Wildman–Crippen LogP) is -0.250. The monoisotopic (exact) mass is 313 g/mol. The summed E-state index contributed by atoms with van der Waals surface area (Å²) in [5.41, 5.74) is 0.183. The van der Waals surface area contributed by atoms with Gasteiger partial charge in [-0.3, -0.25) is 4.79 Å². The zero-order valence-corrected chi connectivity index (χ0v) is 12.1. The van der Waals surface area contributed by atoms with Gasteiger partial charge in [-0.05, 0) is 24.3 Å². The average molecular weight is 313 g/mol. The molecule has 1 aliphatic rings. The van der Waals surface area contributed by atoms with Crippen LogP contribution in [0.4, 0.5) is 0 Å². The molecule has 2 rings (SSSR count). The Kier molecular flexibility index (Phi) is 4.02. The van der Waals surface area contributed by atoms with Gasteiger partial charge < -0.3 is 15.1 Å². The highest BCUT2D eigenvalue weighted by molar-refractivity contribution is 7.90. The van der Waals surface area contributed by atoms with E-state index in [1.165, 1.54) is 24.3 Å². The third kappa shape index (κ3) is 3.22. The number of aliphatic hydroxyl groups excluding tert-OH is 1. The summed E-state index contributed by atoms with van der Waals surface area (Å²) in [6, 6.07) is 4.20. The van der Waals surface area contributed by atoms with Crippen molar-refractivity contribution in [1.82, 2.24) is 4.90 Å². The molecule has 0 unspecified atom stereocenters. The van der Waals surface area contributed by atoms with Crippen LogP contribution in [-0.2, 0) is 14.6 Å². The van der Waals surface area contributed by atoms with E-state index in [2.05, 4.69) is 0 Å². The van der Waals surface area contributed by atoms with Crippen molar-refractivity contribution in [3.8, 4) is 0 Å². The first kappa shape index (κ1) is 15.5. The molecule has 2 atom stereocenters. The number of hydrogen-bond acceptors (Lipinski definition) is 5. The lowest BCUT2D eigenvalue weighted by Crippen LogP contribution is -2.40. The third-order valence-corrected chi connectivity index (χ3v) is 4.48. The van der Waals surface area contributed by atoms with Crippen molar-refractivity contribution in [3.05, 3.63) is 29.8 Å². The number of benzene rings is 1. The maximum absolute atomic E-state index is 12.3. The number of β-amino-alcohol motifs (C(OH)–C–C–N with tert-alkyl or cyclic N) is 1. The van der Waals surface area contributed by atoms with Gasteiger partial charge in [-0.2, -0.15) is 0 Å². The minimum atomic E-state index is -3.36. The largest absolute Gasteiger partial charge is 0.480 e. The van der Waals surface area contributed by atoms with Crippen molar-refractivity contribution in [1.29, 1.82) is 0 Å². The summed E-state index contributed by atoms with van der Waals surface area (Å²) in [5, 5.41) is 18.6. The van der Waals surface area contributed by atoms with E-state index in [0.29, 0.717) is 0 Å². The Balaban J connectivity index is 2.26. The highest BCUT2D eigenvalue weighted by Gasteiger charge is 2.39. The predicted molar refractivity (Wildman–Crippen MR) is 72.6 cm³/mol. The van der Waals surface area contributed by atoms with Crippen molar-refractivity contribution in [2.45, 2.75) is 23.5 Å². The fourth-order valence-corrected chi connectivity index (χ4v) is 2.91. The van der Waals surface area contributed by atoms with Gasteiger partial charge in [0.15, 0.2) is 9.84 Å². The number of carbonyl (C=O) groups is 2. The third-order valence-electron chi connectivity index (χ3n) is 3.35. The molecule has 0 saturated carbocycles. The molecule has 1 aromatic rings. The minimum Gasteiger partial charge on any atom is -0.480 e. The Hall–Kier alpha value is -1.93. The van der Waals surface area contributed by atoms with E-state index in [4.69, 9.17) is 5.11 Å². The van der Waals surface area contributed by atoms with Crippen molar-refractivity contribution in [2.24, 2.45) is 0 Å². The Morgan fingerprint density at radius 3 is 2.29 bits per heavy atom. The van der Waals surface area contributed by atoms with Gasteiger partial charge in [0.2, 0.25) is 0 Å². The lowest BCUT2D eigenvalue weighted by Gasteiger charge is -2.21. The van der Waals surface area contributed by atoms with E-state index in [1.54, 1.807) is 0 Å². The van der Waals surface area contributed by atoms with Crippen LogP contribution in [0.5, 0.6) is 0 Å². The molecule has 2 N–H and O–H groups in total. The molecule has 1 fully saturated rings. The maximum atomic E-state index is 12.3. The van der Waals surface area contributed by atoms with Crippen LogP contribution >= 0.6 is 0 Å². The lowest BCUT2D eigenvalue weighted by atomic mass is 10.1. The molecule has 0 bridgehead atoms. The van der Waals surface area contributed by atoms with Crippen molar-refractivity contribution in [3.63, 3.8) is 0 Å². The molecule has 1 aromatic carbocycles. The van der Waals surface area contributed by atoms with Gasteiger partial charge in [-0.1, -0.05) is 0 Å². The van der Waals surface area contributed by atoms with Gasteiger partial charge in [0.25, 0.3) is 5.91 Å². The molecule has 7 nitrogen and oxygen atoms in total. The van der Waals surface area contributed by atoms with E-state index in [9.17, 15) is 23.1 Å². The Labute approximate surface area is 121 Å². The maximum Gasteiger partial charge on any atom is 0.326 e. The molecule has 1 amide bonds. The number of hydrogen-bond donors (Lipinski definition) is 2. The second-order valence-corrected chi connectivity index (χ2v) is 7.01. The van der Waals surface area contributed by atoms with Gasteiger partial charge in [0.05, 0.1) is 11.0 Å². The Morgan fingerprint density at radius 2 is 1.81 bits per heavy atom. The van der Waals surface area contributed by atoms with Gasteiger partial charge >= 0.3 is 5.97 Å². The molecular weight excluding hydrogens is 298 g/mol. The SMILES string of the molecule is CS(=O)(=O)c1ccc(C(=O)N2C[C@H](O)C[C@@H]2C(=O)O)cc1. The summed E-state index contributed by atoms with van der Waals surface area (Å²) in [6.45, 7) is -0.0520. The number of rotatable bonds is 3. The molecule has 21 heavy (non-hydrogen) atoms. The van der Waals surface area contributed by atoms with Crippen LogP contribution < -0.4 is 0 Å². The number of nitrogens with zero attached hydrogens (tertiary/aromatic N) is 1. The van der Waals surface area contributed by atoms with Gasteiger partial charge in [-0.15, -0.1) is 0 Å². The lowest BCUT2D eigenvalue weighted by molar-refractivity contribution is -0.141. The summed E-state index contributed by atoms with van der Waals surface area (Å²) in [5.74, 6) is -1.72. The number of aliphatic carboxylic acids is 1. The van der Waals surface area contributed by atoms with Gasteiger partial charge in [0, 0.05) is 24.8 Å². The van der Waals surface area contributed by atoms with Crippen LogP contribution in [0.25, 0.3) is 0 Å². The van der Waals surface area contributed by atoms with Gasteiger partial charge in [-0.25, -0.2) is 13.2 Å². The number of carboxylic acids is 1. The van der Waals surface area contributed by atoms with Crippen LogP contribution in [-0.4, -0.2) is 60.4 Å². The molecule has 0 spiro atoms. The fourth-order valence-electron chi connectivity index (χ4n) is 2.28. The first-order valence-electron chi connectivity index (χ1n) is 6.22. The Morgan fingerprint density at radius 1 is 1.24 bits per heavy atom. The van der Waals surface area contributed by atoms with Crippen LogP contribution in [0.15, 0.2) is 29.2 Å². The molecular formula is C13H15NO6S. The molecule has 1 saturated heterocycles. The number of sulfone groups is 1. The zero-order chi connectivity index (χ0) is 15.8. The smallest absolute Gasteiger partial charge is 0.326 e. The second-order valence-electron chi connectivity index (χ2n) is 5.00. The summed E-state index contributed by atoms with van der Waals surface area (Å²) < 4.78 is 22.7. The fraction of sp³-hybridized carbons (Fsp3) is 0.385. The molecule has 0 aromatic heterocycles. The molecule has 0 aliphatic carbocycles. The number of likely N-dealkylation sites (tertiary alicyclic amines) is 1. The second kappa shape index (κ2) is 5.45. The summed E-state index contributed by atoms with van der Waals surface area (Å²) in [4.78, 5) is 24.5. The topological polar surface area (TPSA) is 112 Å². The summed E-state index contributed by atoms with van der Waals surface area (Å²) >= 11 is 0. The van der Waals surface area contributed by atoms with E-state index in [1.807, 2.05) is 0 Å². The number of amides is 1. The Bertz CT molecular complexity index is 666. The zero-order valence-electron chi connectivity index (χ0n) is 11.3. The van der Waals surface area contributed by atoms with Crippen LogP contribution in [0, 0.1) is 0 Å². The minimum absolute atomic E-state index is 0.0114. The van der Waals surface area contributed by atoms with E-state index < -0.39 is 33.9 Å². The normalized spacial score (nSPS) is 22.3. The molecule has 114 valence electrons. The van der Waals surface area contributed by atoms with Crippen LogP contribution in [0.2, 0.25) is 0 Å². The number of aliphatic hydroxyl groups is 1. The highest BCUT2D eigenvalue weighted by atomic mass is 32.2. The van der Waals surface area contributed by atoms with Crippen LogP contribution in [0.3, 0.4) is 0 Å². The molecule has 8 heteroatoms. The van der Waals surface area contributed by atoms with E-state index in [0.717, 1.165) is 11.2 Å². The number of carbonyl (C=O) groups excluding carboxylic acids is 1. The molecule has 1 aliphatic heterocycles. The summed E-state index contributed by atoms with van der Waals surface area (Å²) in [7, 11) is -3.36. The molecule has 0 radical (unpaired) electrons.